The molecule has 0 aliphatic heterocycles. The summed E-state index contributed by atoms with van der Waals surface area (Å²) >= 11 is 0. The van der Waals surface area contributed by atoms with E-state index in [-0.39, 0.29) is 34.8 Å². The standard InChI is InChI=1S/C8H14O2.Co/c1-3-4-5-8(10)6-7(2)9;/h3-6H2,1-2H3;/q;+2. The van der Waals surface area contributed by atoms with Crippen molar-refractivity contribution in [2.75, 3.05) is 0 Å². The van der Waals surface area contributed by atoms with Crippen LogP contribution < -0.4 is 0 Å². The summed E-state index contributed by atoms with van der Waals surface area (Å²) in [4.78, 5) is 21.2. The summed E-state index contributed by atoms with van der Waals surface area (Å²) in [6.07, 6.45) is 2.62. The fourth-order valence-corrected chi connectivity index (χ4v) is 0.740. The van der Waals surface area contributed by atoms with E-state index in [1.54, 1.807) is 0 Å². The molecule has 11 heavy (non-hydrogen) atoms. The molecule has 0 N–H and O–H groups in total. The van der Waals surface area contributed by atoms with Gasteiger partial charge in [-0.3, -0.25) is 9.59 Å². The maximum absolute atomic E-state index is 10.8. The van der Waals surface area contributed by atoms with Crippen LogP contribution in [-0.4, -0.2) is 11.6 Å². The molecule has 0 aromatic heterocycles. The molecule has 0 saturated heterocycles. The maximum atomic E-state index is 10.8. The Labute approximate surface area is 77.9 Å². The molecular formula is C8H14CoO2+2. The number of Topliss-reactive ketones (excluding diaryl/α,β-unsaturated/α-hetero) is 2. The Morgan fingerprint density at radius 1 is 1.27 bits per heavy atom. The van der Waals surface area contributed by atoms with Crippen molar-refractivity contribution in [1.29, 1.82) is 0 Å². The quantitative estimate of drug-likeness (QED) is 0.634. The van der Waals surface area contributed by atoms with E-state index in [9.17, 15) is 9.59 Å². The molecule has 0 aromatic carbocycles. The van der Waals surface area contributed by atoms with Crippen LogP contribution in [0.1, 0.15) is 39.5 Å². The molecule has 0 atom stereocenters. The smallest absolute Gasteiger partial charge is 0.300 e. The van der Waals surface area contributed by atoms with E-state index in [0.29, 0.717) is 6.42 Å². The number of ketones is 2. The van der Waals surface area contributed by atoms with Crippen molar-refractivity contribution in [3.05, 3.63) is 0 Å². The minimum Gasteiger partial charge on any atom is -0.300 e. The monoisotopic (exact) mass is 201 g/mol. The minimum absolute atomic E-state index is 0. The summed E-state index contributed by atoms with van der Waals surface area (Å²) in [5.74, 6) is 0.0513. The summed E-state index contributed by atoms with van der Waals surface area (Å²) in [6.45, 7) is 3.48. The van der Waals surface area contributed by atoms with Gasteiger partial charge in [-0.05, 0) is 13.3 Å². The Bertz CT molecular complexity index is 132. The third-order valence-electron chi connectivity index (χ3n) is 1.26. The van der Waals surface area contributed by atoms with Gasteiger partial charge in [0.2, 0.25) is 0 Å². The fourth-order valence-electron chi connectivity index (χ4n) is 0.740. The maximum Gasteiger partial charge on any atom is 2.00 e. The second-order valence-corrected chi connectivity index (χ2v) is 2.52. The molecule has 65 valence electrons. The fraction of sp³-hybridized carbons (Fsp3) is 0.750. The number of rotatable bonds is 5. The van der Waals surface area contributed by atoms with Crippen molar-refractivity contribution < 1.29 is 26.4 Å². The first-order valence-corrected chi connectivity index (χ1v) is 3.68. The van der Waals surface area contributed by atoms with E-state index < -0.39 is 0 Å². The molecule has 0 aliphatic carbocycles. The molecule has 0 spiro atoms. The average Bonchev–Trinajstić information content (AvgIpc) is 1.82. The van der Waals surface area contributed by atoms with Crippen LogP contribution in [0.5, 0.6) is 0 Å². The van der Waals surface area contributed by atoms with E-state index in [1.165, 1.54) is 6.92 Å². The van der Waals surface area contributed by atoms with Crippen molar-refractivity contribution in [2.24, 2.45) is 0 Å². The van der Waals surface area contributed by atoms with Crippen LogP contribution in [0.15, 0.2) is 0 Å². The van der Waals surface area contributed by atoms with Gasteiger partial charge < -0.3 is 0 Å². The minimum atomic E-state index is -0.0268. The molecule has 0 amide bonds. The third kappa shape index (κ3) is 9.85. The SMILES string of the molecule is CCCCC(=O)CC(C)=O.[Co+2]. The van der Waals surface area contributed by atoms with Crippen LogP contribution in [0.3, 0.4) is 0 Å². The normalized spacial score (nSPS) is 8.55. The topological polar surface area (TPSA) is 34.1 Å². The Morgan fingerprint density at radius 2 is 1.82 bits per heavy atom. The van der Waals surface area contributed by atoms with Gasteiger partial charge >= 0.3 is 16.8 Å². The van der Waals surface area contributed by atoms with Crippen LogP contribution in [0, 0.1) is 0 Å². The zero-order valence-electron chi connectivity index (χ0n) is 6.98. The number of hydrogen-bond acceptors (Lipinski definition) is 2. The summed E-state index contributed by atoms with van der Waals surface area (Å²) in [7, 11) is 0. The molecule has 0 rings (SSSR count). The first-order valence-electron chi connectivity index (χ1n) is 3.68. The molecular weight excluding hydrogens is 187 g/mol. The summed E-state index contributed by atoms with van der Waals surface area (Å²) < 4.78 is 0. The van der Waals surface area contributed by atoms with Gasteiger partial charge in [-0.2, -0.15) is 0 Å². The zero-order chi connectivity index (χ0) is 7.98. The second-order valence-electron chi connectivity index (χ2n) is 2.52. The van der Waals surface area contributed by atoms with E-state index in [1.807, 2.05) is 6.92 Å². The van der Waals surface area contributed by atoms with Gasteiger partial charge in [-0.15, -0.1) is 0 Å². The zero-order valence-corrected chi connectivity index (χ0v) is 8.02. The molecule has 0 aromatic rings. The predicted octanol–water partition coefficient (Wildman–Crippen LogP) is 1.72. The van der Waals surface area contributed by atoms with Gasteiger partial charge in [-0.25, -0.2) is 0 Å². The van der Waals surface area contributed by atoms with Gasteiger partial charge in [0.1, 0.15) is 11.6 Å². The van der Waals surface area contributed by atoms with Crippen LogP contribution in [0.25, 0.3) is 0 Å². The van der Waals surface area contributed by atoms with Crippen LogP contribution in [-0.2, 0) is 26.4 Å². The van der Waals surface area contributed by atoms with Gasteiger partial charge in [0.15, 0.2) is 0 Å². The van der Waals surface area contributed by atoms with Gasteiger partial charge in [-0.1, -0.05) is 13.3 Å². The Kier molecular flexibility index (Phi) is 9.71. The summed E-state index contributed by atoms with van der Waals surface area (Å²) in [5, 5.41) is 0. The molecule has 2 nitrogen and oxygen atoms in total. The Morgan fingerprint density at radius 3 is 2.18 bits per heavy atom. The summed E-state index contributed by atoms with van der Waals surface area (Å²) in [6, 6.07) is 0. The number of carbonyl (C=O) groups is 2. The van der Waals surface area contributed by atoms with Crippen molar-refractivity contribution >= 4 is 11.6 Å². The van der Waals surface area contributed by atoms with E-state index >= 15 is 0 Å². The van der Waals surface area contributed by atoms with Crippen molar-refractivity contribution in [2.45, 2.75) is 39.5 Å². The molecule has 0 bridgehead atoms. The van der Waals surface area contributed by atoms with Gasteiger partial charge in [0.05, 0.1) is 6.42 Å². The average molecular weight is 201 g/mol. The number of hydrogen-bond donors (Lipinski definition) is 0. The second kappa shape index (κ2) is 7.95. The van der Waals surface area contributed by atoms with E-state index in [0.717, 1.165) is 12.8 Å². The molecule has 0 fully saturated rings. The molecule has 0 unspecified atom stereocenters. The Hall–Kier alpha value is -0.154. The van der Waals surface area contributed by atoms with E-state index in [4.69, 9.17) is 0 Å². The molecule has 0 aliphatic rings. The molecule has 0 heterocycles. The van der Waals surface area contributed by atoms with Crippen molar-refractivity contribution in [3.63, 3.8) is 0 Å². The van der Waals surface area contributed by atoms with Crippen molar-refractivity contribution in [1.82, 2.24) is 0 Å². The van der Waals surface area contributed by atoms with Crippen molar-refractivity contribution in [3.8, 4) is 0 Å². The summed E-state index contributed by atoms with van der Waals surface area (Å²) in [5.41, 5.74) is 0. The van der Waals surface area contributed by atoms with Crippen LogP contribution in [0.4, 0.5) is 0 Å². The van der Waals surface area contributed by atoms with Crippen LogP contribution in [0.2, 0.25) is 0 Å². The largest absolute Gasteiger partial charge is 2.00 e. The Balaban J connectivity index is 0. The van der Waals surface area contributed by atoms with E-state index in [2.05, 4.69) is 0 Å². The number of unbranched alkanes of at least 4 members (excludes halogenated alkanes) is 1. The first kappa shape index (κ1) is 13.4. The molecule has 0 saturated carbocycles. The molecule has 1 radical (unpaired) electrons. The third-order valence-corrected chi connectivity index (χ3v) is 1.26. The first-order chi connectivity index (χ1) is 4.66. The predicted molar refractivity (Wildman–Crippen MR) is 39.8 cm³/mol. The molecule has 3 heteroatoms. The van der Waals surface area contributed by atoms with Gasteiger partial charge in [0.25, 0.3) is 0 Å². The van der Waals surface area contributed by atoms with Crippen LogP contribution >= 0.6 is 0 Å². The van der Waals surface area contributed by atoms with Gasteiger partial charge in [0, 0.05) is 6.42 Å². The number of carbonyl (C=O) groups excluding carboxylic acids is 2.